The van der Waals surface area contributed by atoms with E-state index >= 15 is 0 Å². The van der Waals surface area contributed by atoms with Gasteiger partial charge in [0, 0.05) is 6.07 Å². The number of carbonyl (C=O) groups excluding carboxylic acids is 1. The van der Waals surface area contributed by atoms with Gasteiger partial charge >= 0.3 is 5.97 Å². The van der Waals surface area contributed by atoms with Crippen LogP contribution in [0.15, 0.2) is 18.2 Å². The molecule has 0 saturated heterocycles. The molecule has 0 heterocycles. The lowest BCUT2D eigenvalue weighted by molar-refractivity contribution is 0.0599. The Morgan fingerprint density at radius 3 is 2.47 bits per heavy atom. The topological polar surface area (TPSA) is 65.0 Å². The van der Waals surface area contributed by atoms with Crippen LogP contribution in [-0.4, -0.2) is 38.0 Å². The maximum atomic E-state index is 11.4. The largest absolute Gasteiger partial charge is 0.497 e. The number of rotatable bonds is 5. The van der Waals surface area contributed by atoms with Crippen LogP contribution in [0.5, 0.6) is 11.5 Å². The minimum atomic E-state index is -0.581. The summed E-state index contributed by atoms with van der Waals surface area (Å²) in [5.41, 5.74) is 0.340. The average Bonchev–Trinajstić information content (AvgIpc) is 2.34. The van der Waals surface area contributed by atoms with Crippen LogP contribution in [0.1, 0.15) is 17.3 Å². The second kappa shape index (κ2) is 6.10. The van der Waals surface area contributed by atoms with Gasteiger partial charge in [0.05, 0.1) is 25.9 Å². The quantitative estimate of drug-likeness (QED) is 0.784. The minimum Gasteiger partial charge on any atom is -0.497 e. The van der Waals surface area contributed by atoms with Gasteiger partial charge in [-0.3, -0.25) is 0 Å². The number of carbonyl (C=O) groups is 1. The first-order valence-corrected chi connectivity index (χ1v) is 5.15. The third-order valence-corrected chi connectivity index (χ3v) is 2.03. The van der Waals surface area contributed by atoms with Crippen molar-refractivity contribution in [1.82, 2.24) is 0 Å². The lowest BCUT2D eigenvalue weighted by atomic mass is 10.2. The standard InChI is InChI=1S/C12H16O5/c1-8(13)7-17-11-5-9(12(14)16-3)4-10(6-11)15-2/h4-6,8,13H,7H2,1-3H3. The number of esters is 1. The van der Waals surface area contributed by atoms with Gasteiger partial charge in [-0.25, -0.2) is 4.79 Å². The van der Waals surface area contributed by atoms with E-state index in [1.54, 1.807) is 19.1 Å². The lowest BCUT2D eigenvalue weighted by Gasteiger charge is -2.11. The number of hydrogen-bond acceptors (Lipinski definition) is 5. The van der Waals surface area contributed by atoms with Crippen molar-refractivity contribution in [3.63, 3.8) is 0 Å². The van der Waals surface area contributed by atoms with Crippen molar-refractivity contribution in [2.24, 2.45) is 0 Å². The molecular formula is C12H16O5. The van der Waals surface area contributed by atoms with Gasteiger partial charge in [0.1, 0.15) is 18.1 Å². The Morgan fingerprint density at radius 1 is 1.29 bits per heavy atom. The van der Waals surface area contributed by atoms with E-state index in [1.165, 1.54) is 20.3 Å². The molecule has 1 unspecified atom stereocenters. The molecule has 17 heavy (non-hydrogen) atoms. The highest BCUT2D eigenvalue weighted by atomic mass is 16.5. The molecule has 0 spiro atoms. The van der Waals surface area contributed by atoms with E-state index in [2.05, 4.69) is 4.74 Å². The Balaban J connectivity index is 2.93. The van der Waals surface area contributed by atoms with E-state index in [4.69, 9.17) is 14.6 Å². The number of ether oxygens (including phenoxy) is 3. The number of benzene rings is 1. The third-order valence-electron chi connectivity index (χ3n) is 2.03. The highest BCUT2D eigenvalue weighted by molar-refractivity contribution is 5.90. The van der Waals surface area contributed by atoms with Crippen molar-refractivity contribution >= 4 is 5.97 Å². The predicted molar refractivity (Wildman–Crippen MR) is 61.5 cm³/mol. The summed E-state index contributed by atoms with van der Waals surface area (Å²) in [5.74, 6) is 0.477. The van der Waals surface area contributed by atoms with Crippen LogP contribution in [0.2, 0.25) is 0 Å². The summed E-state index contributed by atoms with van der Waals surface area (Å²) in [7, 11) is 2.80. The predicted octanol–water partition coefficient (Wildman–Crippen LogP) is 1.24. The molecule has 0 bridgehead atoms. The van der Waals surface area contributed by atoms with Crippen molar-refractivity contribution in [3.8, 4) is 11.5 Å². The van der Waals surface area contributed by atoms with Crippen molar-refractivity contribution in [2.45, 2.75) is 13.0 Å². The molecule has 94 valence electrons. The van der Waals surface area contributed by atoms with Crippen molar-refractivity contribution in [2.75, 3.05) is 20.8 Å². The Morgan fingerprint density at radius 2 is 1.94 bits per heavy atom. The van der Waals surface area contributed by atoms with Gasteiger partial charge in [-0.1, -0.05) is 0 Å². The molecule has 1 aromatic rings. The normalized spacial score (nSPS) is 11.8. The number of methoxy groups -OCH3 is 2. The highest BCUT2D eigenvalue weighted by Crippen LogP contribution is 2.23. The van der Waals surface area contributed by atoms with Crippen LogP contribution in [0, 0.1) is 0 Å². The fourth-order valence-corrected chi connectivity index (χ4v) is 1.23. The van der Waals surface area contributed by atoms with E-state index in [-0.39, 0.29) is 6.61 Å². The summed E-state index contributed by atoms with van der Waals surface area (Å²) in [6.07, 6.45) is -0.581. The van der Waals surface area contributed by atoms with Crippen molar-refractivity contribution in [3.05, 3.63) is 23.8 Å². The molecule has 0 aliphatic carbocycles. The van der Waals surface area contributed by atoms with Gasteiger partial charge in [-0.15, -0.1) is 0 Å². The zero-order valence-corrected chi connectivity index (χ0v) is 10.1. The van der Waals surface area contributed by atoms with Crippen LogP contribution in [-0.2, 0) is 4.74 Å². The SMILES string of the molecule is COC(=O)c1cc(OC)cc(OCC(C)O)c1. The average molecular weight is 240 g/mol. The van der Waals surface area contributed by atoms with E-state index < -0.39 is 12.1 Å². The molecule has 0 saturated carbocycles. The van der Waals surface area contributed by atoms with Gasteiger partial charge in [0.15, 0.2) is 0 Å². The zero-order valence-electron chi connectivity index (χ0n) is 10.1. The molecule has 0 aromatic heterocycles. The molecule has 1 N–H and O–H groups in total. The minimum absolute atomic E-state index is 0.147. The fraction of sp³-hybridized carbons (Fsp3) is 0.417. The monoisotopic (exact) mass is 240 g/mol. The Hall–Kier alpha value is -1.75. The van der Waals surface area contributed by atoms with Gasteiger partial charge in [-0.05, 0) is 19.1 Å². The molecule has 0 radical (unpaired) electrons. The van der Waals surface area contributed by atoms with Crippen LogP contribution < -0.4 is 9.47 Å². The molecule has 1 atom stereocenters. The molecule has 0 amide bonds. The van der Waals surface area contributed by atoms with Crippen LogP contribution in [0.4, 0.5) is 0 Å². The fourth-order valence-electron chi connectivity index (χ4n) is 1.23. The molecule has 0 aliphatic rings. The smallest absolute Gasteiger partial charge is 0.338 e. The second-order valence-electron chi connectivity index (χ2n) is 3.55. The second-order valence-corrected chi connectivity index (χ2v) is 3.55. The number of aliphatic hydroxyl groups is 1. The molecule has 0 aliphatic heterocycles. The molecular weight excluding hydrogens is 224 g/mol. The Bertz CT molecular complexity index is 386. The zero-order chi connectivity index (χ0) is 12.8. The van der Waals surface area contributed by atoms with E-state index in [9.17, 15) is 4.79 Å². The summed E-state index contributed by atoms with van der Waals surface area (Å²) in [6.45, 7) is 1.76. The first-order valence-electron chi connectivity index (χ1n) is 5.15. The Kier molecular flexibility index (Phi) is 4.78. The van der Waals surface area contributed by atoms with Crippen molar-refractivity contribution in [1.29, 1.82) is 0 Å². The summed E-state index contributed by atoms with van der Waals surface area (Å²) in [6, 6.07) is 4.73. The maximum absolute atomic E-state index is 11.4. The molecule has 5 heteroatoms. The molecule has 1 rings (SSSR count). The lowest BCUT2D eigenvalue weighted by Crippen LogP contribution is -2.13. The Labute approximate surface area is 99.9 Å². The summed E-state index contributed by atoms with van der Waals surface area (Å²) in [4.78, 5) is 11.4. The van der Waals surface area contributed by atoms with E-state index in [1.807, 2.05) is 0 Å². The van der Waals surface area contributed by atoms with Gasteiger partial charge in [0.2, 0.25) is 0 Å². The first kappa shape index (κ1) is 13.3. The van der Waals surface area contributed by atoms with Gasteiger partial charge in [0.25, 0.3) is 0 Å². The number of hydrogen-bond donors (Lipinski definition) is 1. The van der Waals surface area contributed by atoms with Crippen LogP contribution >= 0.6 is 0 Å². The molecule has 5 nitrogen and oxygen atoms in total. The van der Waals surface area contributed by atoms with E-state index in [0.29, 0.717) is 17.1 Å². The molecule has 0 fully saturated rings. The van der Waals surface area contributed by atoms with Gasteiger partial charge < -0.3 is 19.3 Å². The first-order chi connectivity index (χ1) is 8.06. The maximum Gasteiger partial charge on any atom is 0.338 e. The van der Waals surface area contributed by atoms with Crippen molar-refractivity contribution < 1.29 is 24.1 Å². The van der Waals surface area contributed by atoms with Crippen LogP contribution in [0.25, 0.3) is 0 Å². The summed E-state index contributed by atoms with van der Waals surface area (Å²) < 4.78 is 15.0. The number of aliphatic hydroxyl groups excluding tert-OH is 1. The van der Waals surface area contributed by atoms with Gasteiger partial charge in [-0.2, -0.15) is 0 Å². The highest BCUT2D eigenvalue weighted by Gasteiger charge is 2.10. The summed E-state index contributed by atoms with van der Waals surface area (Å²) in [5, 5.41) is 9.12. The summed E-state index contributed by atoms with van der Waals surface area (Å²) >= 11 is 0. The van der Waals surface area contributed by atoms with Crippen LogP contribution in [0.3, 0.4) is 0 Å². The van der Waals surface area contributed by atoms with E-state index in [0.717, 1.165) is 0 Å². The molecule has 1 aromatic carbocycles. The third kappa shape index (κ3) is 3.96.